The van der Waals surface area contributed by atoms with Gasteiger partial charge in [-0.15, -0.1) is 10.2 Å². The second kappa shape index (κ2) is 9.32. The van der Waals surface area contributed by atoms with Gasteiger partial charge in [-0.05, 0) is 24.1 Å². The lowest BCUT2D eigenvalue weighted by Gasteiger charge is -2.17. The summed E-state index contributed by atoms with van der Waals surface area (Å²) in [6.45, 7) is 0.704. The van der Waals surface area contributed by atoms with E-state index in [1.165, 1.54) is 5.56 Å². The zero-order valence-electron chi connectivity index (χ0n) is 15.6. The molecule has 0 aliphatic heterocycles. The van der Waals surface area contributed by atoms with Crippen LogP contribution in [0.15, 0.2) is 60.0 Å². The smallest absolute Gasteiger partial charge is 0.223 e. The summed E-state index contributed by atoms with van der Waals surface area (Å²) in [5, 5.41) is 9.35. The number of nitrogens with zero attached hydrogens (tertiary/aromatic N) is 5. The van der Waals surface area contributed by atoms with Crippen molar-refractivity contribution in [3.8, 4) is 11.4 Å². The minimum absolute atomic E-state index is 0.141. The summed E-state index contributed by atoms with van der Waals surface area (Å²) >= 11 is 1.56. The van der Waals surface area contributed by atoms with Crippen LogP contribution in [0.25, 0.3) is 11.4 Å². The molecule has 1 aromatic carbocycles. The molecular formula is C20H23N5OS. The van der Waals surface area contributed by atoms with Gasteiger partial charge < -0.3 is 9.47 Å². The van der Waals surface area contributed by atoms with E-state index in [1.807, 2.05) is 61.1 Å². The second-order valence-corrected chi connectivity index (χ2v) is 7.31. The Labute approximate surface area is 163 Å². The van der Waals surface area contributed by atoms with Crippen molar-refractivity contribution in [2.75, 3.05) is 19.3 Å². The number of hydrogen-bond donors (Lipinski definition) is 0. The minimum atomic E-state index is 0.141. The highest BCUT2D eigenvalue weighted by molar-refractivity contribution is 7.99. The summed E-state index contributed by atoms with van der Waals surface area (Å²) in [4.78, 5) is 18.1. The number of carbonyl (C=O) groups is 1. The molecule has 27 heavy (non-hydrogen) atoms. The van der Waals surface area contributed by atoms with Crippen LogP contribution in [0.4, 0.5) is 0 Å². The van der Waals surface area contributed by atoms with E-state index >= 15 is 0 Å². The third kappa shape index (κ3) is 5.17. The number of pyridine rings is 1. The van der Waals surface area contributed by atoms with Crippen molar-refractivity contribution < 1.29 is 4.79 Å². The molecule has 0 spiro atoms. The summed E-state index contributed by atoms with van der Waals surface area (Å²) in [5.74, 6) is 1.65. The molecule has 3 rings (SSSR count). The van der Waals surface area contributed by atoms with Crippen molar-refractivity contribution in [3.63, 3.8) is 0 Å². The third-order valence-electron chi connectivity index (χ3n) is 4.32. The van der Waals surface area contributed by atoms with Crippen LogP contribution >= 0.6 is 11.8 Å². The van der Waals surface area contributed by atoms with Crippen LogP contribution in [-0.2, 0) is 18.3 Å². The van der Waals surface area contributed by atoms with Crippen molar-refractivity contribution in [3.05, 3.63) is 60.4 Å². The number of thioether (sulfide) groups is 1. The van der Waals surface area contributed by atoms with Gasteiger partial charge >= 0.3 is 0 Å². The molecule has 3 aromatic rings. The number of likely N-dealkylation sites (N-methyl/N-ethyl adjacent to an activating group) is 1. The Hall–Kier alpha value is -2.67. The highest BCUT2D eigenvalue weighted by Gasteiger charge is 2.13. The first-order chi connectivity index (χ1) is 13.1. The van der Waals surface area contributed by atoms with Crippen molar-refractivity contribution in [1.29, 1.82) is 0 Å². The molecule has 6 nitrogen and oxygen atoms in total. The van der Waals surface area contributed by atoms with Gasteiger partial charge in [-0.2, -0.15) is 0 Å². The van der Waals surface area contributed by atoms with Crippen LogP contribution in [0.1, 0.15) is 12.0 Å². The summed E-state index contributed by atoms with van der Waals surface area (Å²) in [6, 6.07) is 13.9. The summed E-state index contributed by atoms with van der Waals surface area (Å²) < 4.78 is 1.97. The summed E-state index contributed by atoms with van der Waals surface area (Å²) in [6.07, 6.45) is 4.86. The molecule has 7 heteroatoms. The lowest BCUT2D eigenvalue weighted by molar-refractivity contribution is -0.129. The van der Waals surface area contributed by atoms with E-state index in [9.17, 15) is 4.79 Å². The average Bonchev–Trinajstić information content (AvgIpc) is 3.08. The number of aromatic nitrogens is 4. The zero-order chi connectivity index (χ0) is 19.1. The quantitative estimate of drug-likeness (QED) is 0.561. The fourth-order valence-electron chi connectivity index (χ4n) is 2.67. The van der Waals surface area contributed by atoms with Crippen molar-refractivity contribution in [2.24, 2.45) is 7.05 Å². The van der Waals surface area contributed by atoms with E-state index in [-0.39, 0.29) is 5.91 Å². The Balaban J connectivity index is 1.47. The van der Waals surface area contributed by atoms with Crippen LogP contribution in [0.3, 0.4) is 0 Å². The monoisotopic (exact) mass is 381 g/mol. The zero-order valence-corrected chi connectivity index (χ0v) is 16.4. The van der Waals surface area contributed by atoms with Crippen LogP contribution in [0.5, 0.6) is 0 Å². The molecule has 140 valence electrons. The van der Waals surface area contributed by atoms with E-state index in [1.54, 1.807) is 29.1 Å². The molecule has 0 bridgehead atoms. The molecule has 0 radical (unpaired) electrons. The van der Waals surface area contributed by atoms with Crippen molar-refractivity contribution >= 4 is 17.7 Å². The molecular weight excluding hydrogens is 358 g/mol. The molecule has 0 saturated heterocycles. The molecule has 1 amide bonds. The van der Waals surface area contributed by atoms with Crippen LogP contribution < -0.4 is 0 Å². The highest BCUT2D eigenvalue weighted by Crippen LogP contribution is 2.22. The first kappa shape index (κ1) is 19.1. The topological polar surface area (TPSA) is 63.9 Å². The number of rotatable bonds is 8. The number of amides is 1. The SMILES string of the molecule is CN(CCc1ccncc1)C(=O)CCSc1nnc(-c2ccccc2)n1C. The molecule has 0 fully saturated rings. The predicted octanol–water partition coefficient (Wildman–Crippen LogP) is 3.06. The van der Waals surface area contributed by atoms with Gasteiger partial charge in [0.25, 0.3) is 0 Å². The Morgan fingerprint density at radius 3 is 2.59 bits per heavy atom. The van der Waals surface area contributed by atoms with Gasteiger partial charge in [0.1, 0.15) is 0 Å². The van der Waals surface area contributed by atoms with Crippen LogP contribution in [0, 0.1) is 0 Å². The second-order valence-electron chi connectivity index (χ2n) is 6.25. The molecule has 0 unspecified atom stereocenters. The molecule has 0 atom stereocenters. The van der Waals surface area contributed by atoms with E-state index in [2.05, 4.69) is 15.2 Å². The fourth-order valence-corrected chi connectivity index (χ4v) is 3.51. The standard InChI is InChI=1S/C20H23N5OS/c1-24(14-10-16-8-12-21-13-9-16)18(26)11-15-27-20-23-22-19(25(20)2)17-6-4-3-5-7-17/h3-9,12-13H,10-11,14-15H2,1-2H3. The third-order valence-corrected chi connectivity index (χ3v) is 5.35. The predicted molar refractivity (Wildman–Crippen MR) is 107 cm³/mol. The van der Waals surface area contributed by atoms with E-state index in [4.69, 9.17) is 0 Å². The Morgan fingerprint density at radius 2 is 1.85 bits per heavy atom. The molecule has 2 heterocycles. The van der Waals surface area contributed by atoms with E-state index in [0.717, 1.165) is 23.0 Å². The Morgan fingerprint density at radius 1 is 1.11 bits per heavy atom. The van der Waals surface area contributed by atoms with E-state index < -0.39 is 0 Å². The average molecular weight is 382 g/mol. The van der Waals surface area contributed by atoms with Gasteiger partial charge in [-0.25, -0.2) is 0 Å². The molecule has 0 aliphatic rings. The lowest BCUT2D eigenvalue weighted by atomic mass is 10.2. The summed E-state index contributed by atoms with van der Waals surface area (Å²) in [7, 11) is 3.80. The van der Waals surface area contributed by atoms with Gasteiger partial charge in [0.05, 0.1) is 0 Å². The van der Waals surface area contributed by atoms with Crippen molar-refractivity contribution in [2.45, 2.75) is 18.0 Å². The first-order valence-electron chi connectivity index (χ1n) is 8.85. The van der Waals surface area contributed by atoms with Gasteiger partial charge in [-0.3, -0.25) is 9.78 Å². The minimum Gasteiger partial charge on any atom is -0.345 e. The van der Waals surface area contributed by atoms with Gasteiger partial charge in [0.15, 0.2) is 11.0 Å². The Kier molecular flexibility index (Phi) is 6.59. The molecule has 2 aromatic heterocycles. The van der Waals surface area contributed by atoms with Gasteiger partial charge in [0.2, 0.25) is 5.91 Å². The molecule has 0 N–H and O–H groups in total. The number of benzene rings is 1. The summed E-state index contributed by atoms with van der Waals surface area (Å²) in [5.41, 5.74) is 2.22. The van der Waals surface area contributed by atoms with Gasteiger partial charge in [0, 0.05) is 50.8 Å². The Bertz CT molecular complexity index is 867. The molecule has 0 aliphatic carbocycles. The normalized spacial score (nSPS) is 10.7. The number of hydrogen-bond acceptors (Lipinski definition) is 5. The maximum absolute atomic E-state index is 12.3. The lowest BCUT2D eigenvalue weighted by Crippen LogP contribution is -2.29. The van der Waals surface area contributed by atoms with Gasteiger partial charge in [-0.1, -0.05) is 42.1 Å². The largest absolute Gasteiger partial charge is 0.345 e. The fraction of sp³-hybridized carbons (Fsp3) is 0.300. The van der Waals surface area contributed by atoms with Crippen LogP contribution in [-0.4, -0.2) is 49.9 Å². The highest BCUT2D eigenvalue weighted by atomic mass is 32.2. The van der Waals surface area contributed by atoms with E-state index in [0.29, 0.717) is 18.7 Å². The molecule has 0 saturated carbocycles. The maximum atomic E-state index is 12.3. The van der Waals surface area contributed by atoms with Crippen LogP contribution in [0.2, 0.25) is 0 Å². The number of carbonyl (C=O) groups excluding carboxylic acids is 1. The first-order valence-corrected chi connectivity index (χ1v) is 9.84. The maximum Gasteiger partial charge on any atom is 0.223 e. The van der Waals surface area contributed by atoms with Crippen molar-refractivity contribution in [1.82, 2.24) is 24.6 Å².